The van der Waals surface area contributed by atoms with Crippen LogP contribution >= 0.6 is 35.3 Å². The van der Waals surface area contributed by atoms with E-state index < -0.39 is 0 Å². The maximum absolute atomic E-state index is 12.4. The van der Waals surface area contributed by atoms with Gasteiger partial charge in [0.1, 0.15) is 5.69 Å². The van der Waals surface area contributed by atoms with Crippen LogP contribution in [0.15, 0.2) is 29.6 Å². The molecule has 0 atom stereocenters. The van der Waals surface area contributed by atoms with Crippen LogP contribution in [-0.4, -0.2) is 24.0 Å². The molecule has 0 spiro atoms. The first kappa shape index (κ1) is 20.2. The van der Waals surface area contributed by atoms with Gasteiger partial charge in [-0.15, -0.1) is 23.7 Å². The number of halogens is 2. The van der Waals surface area contributed by atoms with Crippen LogP contribution in [0, 0.1) is 0 Å². The maximum Gasteiger partial charge on any atom is 0.270 e. The Labute approximate surface area is 163 Å². The topological polar surface area (TPSA) is 68.0 Å². The van der Waals surface area contributed by atoms with Gasteiger partial charge in [0.25, 0.3) is 5.91 Å². The fourth-order valence-corrected chi connectivity index (χ4v) is 4.42. The van der Waals surface area contributed by atoms with Gasteiger partial charge in [0.05, 0.1) is 5.01 Å². The molecule has 136 valence electrons. The minimum absolute atomic E-state index is 0. The molecule has 4 nitrogen and oxygen atoms in total. The van der Waals surface area contributed by atoms with Gasteiger partial charge in [0.2, 0.25) is 0 Å². The monoisotopic (exact) mass is 399 g/mol. The molecule has 1 aliphatic rings. The molecular formula is C18H23Cl2N3OS. The molecule has 25 heavy (non-hydrogen) atoms. The maximum atomic E-state index is 12.4. The third kappa shape index (κ3) is 4.73. The fraction of sp³-hybridized carbons (Fsp3) is 0.444. The average molecular weight is 400 g/mol. The molecule has 2 aromatic rings. The lowest BCUT2D eigenvalue weighted by Gasteiger charge is -2.30. The van der Waals surface area contributed by atoms with Crippen molar-refractivity contribution in [1.29, 1.82) is 0 Å². The van der Waals surface area contributed by atoms with E-state index in [0.717, 1.165) is 22.9 Å². The van der Waals surface area contributed by atoms with Gasteiger partial charge < -0.3 is 11.1 Å². The van der Waals surface area contributed by atoms with Gasteiger partial charge in [0.15, 0.2) is 0 Å². The lowest BCUT2D eigenvalue weighted by Crippen LogP contribution is -2.39. The molecule has 3 N–H and O–H groups in total. The van der Waals surface area contributed by atoms with Crippen molar-refractivity contribution in [3.63, 3.8) is 0 Å². The zero-order valence-corrected chi connectivity index (χ0v) is 16.4. The highest BCUT2D eigenvalue weighted by Crippen LogP contribution is 2.41. The lowest BCUT2D eigenvalue weighted by molar-refractivity contribution is 0.0938. The summed E-state index contributed by atoms with van der Waals surface area (Å²) < 4.78 is 0. The zero-order chi connectivity index (χ0) is 17.0. The Hall–Kier alpha value is -1.14. The van der Waals surface area contributed by atoms with Crippen molar-refractivity contribution in [2.75, 3.05) is 13.1 Å². The first-order valence-corrected chi connectivity index (χ1v) is 9.57. The van der Waals surface area contributed by atoms with E-state index in [0.29, 0.717) is 25.2 Å². The summed E-state index contributed by atoms with van der Waals surface area (Å²) in [6, 6.07) is 8.02. The van der Waals surface area contributed by atoms with Crippen molar-refractivity contribution in [1.82, 2.24) is 10.3 Å². The number of hydrogen-bond acceptors (Lipinski definition) is 4. The number of aromatic nitrogens is 1. The molecule has 1 aromatic carbocycles. The molecule has 0 aliphatic heterocycles. The van der Waals surface area contributed by atoms with E-state index in [1.807, 2.05) is 18.2 Å². The second-order valence-electron chi connectivity index (χ2n) is 6.35. The van der Waals surface area contributed by atoms with E-state index in [4.69, 9.17) is 17.3 Å². The van der Waals surface area contributed by atoms with Crippen molar-refractivity contribution >= 4 is 41.3 Å². The Balaban J connectivity index is 0.00000225. The van der Waals surface area contributed by atoms with Crippen molar-refractivity contribution in [2.45, 2.75) is 37.5 Å². The Morgan fingerprint density at radius 3 is 2.80 bits per heavy atom. The quantitative estimate of drug-likeness (QED) is 0.771. The van der Waals surface area contributed by atoms with Crippen LogP contribution in [0.3, 0.4) is 0 Å². The molecular weight excluding hydrogens is 377 g/mol. The Morgan fingerprint density at radius 2 is 2.12 bits per heavy atom. The van der Waals surface area contributed by atoms with Crippen LogP contribution in [-0.2, 0) is 11.8 Å². The summed E-state index contributed by atoms with van der Waals surface area (Å²) in [5.41, 5.74) is 7.23. The smallest absolute Gasteiger partial charge is 0.270 e. The molecule has 1 aliphatic carbocycles. The third-order valence-electron chi connectivity index (χ3n) is 4.73. The third-order valence-corrected chi connectivity index (χ3v) is 5.87. The first-order chi connectivity index (χ1) is 11.6. The summed E-state index contributed by atoms with van der Waals surface area (Å²) in [7, 11) is 0. The summed E-state index contributed by atoms with van der Waals surface area (Å²) in [5.74, 6) is -0.108. The van der Waals surface area contributed by atoms with Crippen molar-refractivity contribution in [3.05, 3.63) is 50.9 Å². The average Bonchev–Trinajstić information content (AvgIpc) is 3.23. The minimum atomic E-state index is -0.108. The molecule has 0 bridgehead atoms. The van der Waals surface area contributed by atoms with E-state index in [-0.39, 0.29) is 23.7 Å². The van der Waals surface area contributed by atoms with Gasteiger partial charge in [-0.1, -0.05) is 36.6 Å². The summed E-state index contributed by atoms with van der Waals surface area (Å²) >= 11 is 7.66. The summed E-state index contributed by atoms with van der Waals surface area (Å²) in [6.07, 6.45) is 5.22. The number of amides is 1. The first-order valence-electron chi connectivity index (χ1n) is 8.32. The molecule has 0 radical (unpaired) electrons. The standard InChI is InChI=1S/C18H22ClN3OS.ClH/c19-14-5-3-4-13(10-14)18(7-1-2-8-18)12-21-17(23)15-11-24-16(22-15)6-9-20;/h3-5,10-11H,1-2,6-9,12,20H2,(H,21,23);1H. The highest BCUT2D eigenvalue weighted by atomic mass is 35.5. The normalized spacial score (nSPS) is 15.6. The number of nitrogens with zero attached hydrogens (tertiary/aromatic N) is 1. The van der Waals surface area contributed by atoms with Gasteiger partial charge in [-0.05, 0) is 37.1 Å². The van der Waals surface area contributed by atoms with Crippen LogP contribution in [0.4, 0.5) is 0 Å². The highest BCUT2D eigenvalue weighted by Gasteiger charge is 2.36. The molecule has 1 aromatic heterocycles. The number of nitrogens with two attached hydrogens (primary N) is 1. The van der Waals surface area contributed by atoms with Crippen LogP contribution in [0.1, 0.15) is 46.7 Å². The van der Waals surface area contributed by atoms with Gasteiger partial charge in [-0.2, -0.15) is 0 Å². The van der Waals surface area contributed by atoms with Gasteiger partial charge in [0, 0.05) is 28.8 Å². The number of carbonyl (C=O) groups excluding carboxylic acids is 1. The molecule has 1 heterocycles. The lowest BCUT2D eigenvalue weighted by atomic mass is 9.79. The number of thiazole rings is 1. The van der Waals surface area contributed by atoms with Crippen molar-refractivity contribution < 1.29 is 4.79 Å². The fourth-order valence-electron chi connectivity index (χ4n) is 3.43. The number of nitrogens with one attached hydrogen (secondary N) is 1. The van der Waals surface area contributed by atoms with E-state index in [9.17, 15) is 4.79 Å². The van der Waals surface area contributed by atoms with E-state index in [1.54, 1.807) is 5.38 Å². The summed E-state index contributed by atoms with van der Waals surface area (Å²) in [6.45, 7) is 1.17. The predicted octanol–water partition coefficient (Wildman–Crippen LogP) is 3.96. The van der Waals surface area contributed by atoms with E-state index in [2.05, 4.69) is 16.4 Å². The van der Waals surface area contributed by atoms with Crippen LogP contribution < -0.4 is 11.1 Å². The number of carbonyl (C=O) groups is 1. The zero-order valence-electron chi connectivity index (χ0n) is 14.0. The SMILES string of the molecule is Cl.NCCc1nc(C(=O)NCC2(c3cccc(Cl)c3)CCCC2)cs1. The van der Waals surface area contributed by atoms with E-state index >= 15 is 0 Å². The second-order valence-corrected chi connectivity index (χ2v) is 7.72. The molecule has 0 unspecified atom stereocenters. The number of rotatable bonds is 6. The Bertz CT molecular complexity index is 714. The minimum Gasteiger partial charge on any atom is -0.350 e. The Kier molecular flexibility index (Phi) is 7.25. The molecule has 3 rings (SSSR count). The largest absolute Gasteiger partial charge is 0.350 e. The van der Waals surface area contributed by atoms with Crippen molar-refractivity contribution in [2.24, 2.45) is 5.73 Å². The van der Waals surface area contributed by atoms with Crippen LogP contribution in [0.25, 0.3) is 0 Å². The molecule has 7 heteroatoms. The Morgan fingerprint density at radius 1 is 1.36 bits per heavy atom. The van der Waals surface area contributed by atoms with Crippen LogP contribution in [0.2, 0.25) is 5.02 Å². The number of benzene rings is 1. The summed E-state index contributed by atoms with van der Waals surface area (Å²) in [5, 5.41) is 6.55. The molecule has 1 amide bonds. The molecule has 1 fully saturated rings. The van der Waals surface area contributed by atoms with Gasteiger partial charge in [-0.25, -0.2) is 4.98 Å². The van der Waals surface area contributed by atoms with E-state index in [1.165, 1.54) is 29.7 Å². The molecule has 1 saturated carbocycles. The second kappa shape index (κ2) is 8.99. The van der Waals surface area contributed by atoms with Crippen molar-refractivity contribution in [3.8, 4) is 0 Å². The summed E-state index contributed by atoms with van der Waals surface area (Å²) in [4.78, 5) is 16.8. The van der Waals surface area contributed by atoms with Gasteiger partial charge in [-0.3, -0.25) is 4.79 Å². The predicted molar refractivity (Wildman–Crippen MR) is 106 cm³/mol. The highest BCUT2D eigenvalue weighted by molar-refractivity contribution is 7.09. The molecule has 0 saturated heterocycles. The van der Waals surface area contributed by atoms with Crippen LogP contribution in [0.5, 0.6) is 0 Å². The number of hydrogen-bond donors (Lipinski definition) is 2. The van der Waals surface area contributed by atoms with Gasteiger partial charge >= 0.3 is 0 Å².